The number of thioether (sulfide) groups is 1. The van der Waals surface area contributed by atoms with Gasteiger partial charge in [-0.1, -0.05) is 18.2 Å². The van der Waals surface area contributed by atoms with E-state index in [0.717, 1.165) is 16.7 Å². The first kappa shape index (κ1) is 21.4. The van der Waals surface area contributed by atoms with Crippen LogP contribution >= 0.6 is 11.8 Å². The van der Waals surface area contributed by atoms with Crippen molar-refractivity contribution < 1.29 is 33.0 Å². The Balaban J connectivity index is 1.64. The number of ether oxygens (including phenoxy) is 3. The molecule has 1 fully saturated rings. The molecule has 0 aliphatic carbocycles. The number of carbonyl (C=O) groups is 3. The Hall–Kier alpha value is -3.33. The van der Waals surface area contributed by atoms with Crippen molar-refractivity contribution in [1.82, 2.24) is 4.90 Å². The lowest BCUT2D eigenvalue weighted by Crippen LogP contribution is -2.32. The molecule has 30 heavy (non-hydrogen) atoms. The van der Waals surface area contributed by atoms with E-state index in [1.807, 2.05) is 0 Å². The first-order chi connectivity index (χ1) is 14.5. The van der Waals surface area contributed by atoms with Crippen molar-refractivity contribution >= 4 is 35.0 Å². The Bertz CT molecular complexity index is 976. The van der Waals surface area contributed by atoms with Crippen molar-refractivity contribution in [2.75, 3.05) is 26.9 Å². The number of methoxy groups -OCH3 is 1. The van der Waals surface area contributed by atoms with E-state index >= 15 is 0 Å². The summed E-state index contributed by atoms with van der Waals surface area (Å²) < 4.78 is 28.3. The number of rotatable bonds is 8. The molecule has 0 bridgehead atoms. The summed E-state index contributed by atoms with van der Waals surface area (Å²) in [5.74, 6) is -0.541. The van der Waals surface area contributed by atoms with Crippen LogP contribution in [0, 0.1) is 5.82 Å². The average Bonchev–Trinajstić information content (AvgIpc) is 3.01. The minimum absolute atomic E-state index is 0.0554. The monoisotopic (exact) mass is 431 g/mol. The standard InChI is InChI=1S/C21H18FNO6S/c1-27-19(24)13-29-17-5-3-2-4-14(17)12-18-20(25)23(21(26)30-18)10-11-28-16-8-6-15(22)7-9-16/h2-9,12H,10-11,13H2,1H3/b18-12-. The second-order valence-corrected chi connectivity index (χ2v) is 7.03. The Morgan fingerprint density at radius 2 is 1.83 bits per heavy atom. The molecule has 2 amide bonds. The van der Waals surface area contributed by atoms with Crippen LogP contribution in [0.25, 0.3) is 6.08 Å². The Labute approximate surface area is 176 Å². The maximum Gasteiger partial charge on any atom is 0.343 e. The van der Waals surface area contributed by atoms with Crippen LogP contribution in [0.5, 0.6) is 11.5 Å². The molecule has 2 aromatic rings. The number of esters is 1. The smallest absolute Gasteiger partial charge is 0.343 e. The third-order valence-corrected chi connectivity index (χ3v) is 4.96. The van der Waals surface area contributed by atoms with Crippen LogP contribution in [-0.2, 0) is 14.3 Å². The average molecular weight is 431 g/mol. The zero-order valence-electron chi connectivity index (χ0n) is 16.0. The molecule has 1 aliphatic rings. The molecular weight excluding hydrogens is 413 g/mol. The van der Waals surface area contributed by atoms with Crippen LogP contribution in [0.2, 0.25) is 0 Å². The Morgan fingerprint density at radius 1 is 1.10 bits per heavy atom. The number of nitrogens with zero attached hydrogens (tertiary/aromatic N) is 1. The van der Waals surface area contributed by atoms with Gasteiger partial charge >= 0.3 is 5.97 Å². The number of carbonyl (C=O) groups excluding carboxylic acids is 3. The molecule has 0 spiro atoms. The number of hydrogen-bond donors (Lipinski definition) is 0. The zero-order valence-corrected chi connectivity index (χ0v) is 16.8. The van der Waals surface area contributed by atoms with E-state index in [0.29, 0.717) is 17.1 Å². The molecule has 0 aromatic heterocycles. The van der Waals surface area contributed by atoms with Crippen molar-refractivity contribution in [1.29, 1.82) is 0 Å². The predicted molar refractivity (Wildman–Crippen MR) is 109 cm³/mol. The van der Waals surface area contributed by atoms with Crippen LogP contribution in [0.15, 0.2) is 53.4 Å². The van der Waals surface area contributed by atoms with E-state index in [2.05, 4.69) is 4.74 Å². The molecule has 0 saturated carbocycles. The molecule has 0 atom stereocenters. The fourth-order valence-corrected chi connectivity index (χ4v) is 3.40. The number of imide groups is 1. The lowest BCUT2D eigenvalue weighted by atomic mass is 10.2. The van der Waals surface area contributed by atoms with Gasteiger partial charge in [0, 0.05) is 5.56 Å². The van der Waals surface area contributed by atoms with Gasteiger partial charge in [0.05, 0.1) is 18.6 Å². The van der Waals surface area contributed by atoms with Gasteiger partial charge in [-0.3, -0.25) is 14.5 Å². The van der Waals surface area contributed by atoms with Gasteiger partial charge in [0.15, 0.2) is 6.61 Å². The number of halogens is 1. The molecule has 2 aromatic carbocycles. The second kappa shape index (κ2) is 9.93. The summed E-state index contributed by atoms with van der Waals surface area (Å²) in [6, 6.07) is 12.3. The van der Waals surface area contributed by atoms with E-state index in [-0.39, 0.29) is 30.5 Å². The summed E-state index contributed by atoms with van der Waals surface area (Å²) in [5.41, 5.74) is 0.550. The highest BCUT2D eigenvalue weighted by Gasteiger charge is 2.35. The maximum atomic E-state index is 12.9. The normalized spacial score (nSPS) is 14.9. The quantitative estimate of drug-likeness (QED) is 0.467. The number of benzene rings is 2. The lowest BCUT2D eigenvalue weighted by Gasteiger charge is -2.13. The first-order valence-corrected chi connectivity index (χ1v) is 9.72. The summed E-state index contributed by atoms with van der Waals surface area (Å²) in [6.45, 7) is -0.140. The van der Waals surface area contributed by atoms with E-state index in [1.165, 1.54) is 31.4 Å². The van der Waals surface area contributed by atoms with Gasteiger partial charge in [0.2, 0.25) is 0 Å². The summed E-state index contributed by atoms with van der Waals surface area (Å²) >= 11 is 0.809. The molecule has 0 radical (unpaired) electrons. The molecule has 1 saturated heterocycles. The van der Waals surface area contributed by atoms with E-state index < -0.39 is 17.1 Å². The third kappa shape index (κ3) is 5.38. The van der Waals surface area contributed by atoms with Crippen molar-refractivity contribution in [2.24, 2.45) is 0 Å². The van der Waals surface area contributed by atoms with Crippen molar-refractivity contribution in [3.63, 3.8) is 0 Å². The summed E-state index contributed by atoms with van der Waals surface area (Å²) in [5, 5.41) is -0.415. The highest BCUT2D eigenvalue weighted by atomic mass is 32.2. The highest BCUT2D eigenvalue weighted by Crippen LogP contribution is 2.33. The fraction of sp³-hybridized carbons (Fsp3) is 0.190. The molecule has 3 rings (SSSR count). The van der Waals surface area contributed by atoms with Gasteiger partial charge in [0.1, 0.15) is 23.9 Å². The largest absolute Gasteiger partial charge is 0.492 e. The topological polar surface area (TPSA) is 82.1 Å². The SMILES string of the molecule is COC(=O)COc1ccccc1/C=C1\SC(=O)N(CCOc2ccc(F)cc2)C1=O. The predicted octanol–water partition coefficient (Wildman–Crippen LogP) is 3.49. The number of hydrogen-bond acceptors (Lipinski definition) is 7. The lowest BCUT2D eigenvalue weighted by molar-refractivity contribution is -0.142. The Morgan fingerprint density at radius 3 is 2.57 bits per heavy atom. The fourth-order valence-electron chi connectivity index (χ4n) is 2.55. The van der Waals surface area contributed by atoms with E-state index in [9.17, 15) is 18.8 Å². The third-order valence-electron chi connectivity index (χ3n) is 4.05. The zero-order chi connectivity index (χ0) is 21.5. The van der Waals surface area contributed by atoms with Crippen molar-refractivity contribution in [3.05, 3.63) is 64.8 Å². The molecule has 7 nitrogen and oxygen atoms in total. The van der Waals surface area contributed by atoms with Crippen LogP contribution in [0.3, 0.4) is 0 Å². The molecule has 0 unspecified atom stereocenters. The molecule has 156 valence electrons. The highest BCUT2D eigenvalue weighted by molar-refractivity contribution is 8.18. The van der Waals surface area contributed by atoms with Crippen LogP contribution in [0.1, 0.15) is 5.56 Å². The molecular formula is C21H18FNO6S. The maximum absolute atomic E-state index is 12.9. The van der Waals surface area contributed by atoms with Gasteiger partial charge in [-0.25, -0.2) is 9.18 Å². The summed E-state index contributed by atoms with van der Waals surface area (Å²) in [7, 11) is 1.26. The Kier molecular flexibility index (Phi) is 7.08. The summed E-state index contributed by atoms with van der Waals surface area (Å²) in [4.78, 5) is 37.5. The molecule has 0 N–H and O–H groups in total. The first-order valence-electron chi connectivity index (χ1n) is 8.90. The van der Waals surface area contributed by atoms with Gasteiger partial charge in [-0.2, -0.15) is 0 Å². The van der Waals surface area contributed by atoms with Crippen molar-refractivity contribution in [2.45, 2.75) is 0 Å². The van der Waals surface area contributed by atoms with E-state index in [1.54, 1.807) is 30.3 Å². The minimum Gasteiger partial charge on any atom is -0.492 e. The molecule has 9 heteroatoms. The van der Waals surface area contributed by atoms with Crippen molar-refractivity contribution in [3.8, 4) is 11.5 Å². The summed E-state index contributed by atoms with van der Waals surface area (Å²) in [6.07, 6.45) is 1.54. The van der Waals surface area contributed by atoms with Gasteiger partial charge in [-0.15, -0.1) is 0 Å². The van der Waals surface area contributed by atoms with Crippen LogP contribution in [-0.4, -0.2) is 48.9 Å². The van der Waals surface area contributed by atoms with E-state index in [4.69, 9.17) is 9.47 Å². The van der Waals surface area contributed by atoms with Gasteiger partial charge < -0.3 is 14.2 Å². The second-order valence-electron chi connectivity index (χ2n) is 6.04. The van der Waals surface area contributed by atoms with Crippen LogP contribution < -0.4 is 9.47 Å². The van der Waals surface area contributed by atoms with Gasteiger partial charge in [0.25, 0.3) is 11.1 Å². The molecule has 1 heterocycles. The number of para-hydroxylation sites is 1. The minimum atomic E-state index is -0.536. The molecule has 1 aliphatic heterocycles. The number of amides is 2. The van der Waals surface area contributed by atoms with Crippen LogP contribution in [0.4, 0.5) is 9.18 Å². The van der Waals surface area contributed by atoms with Gasteiger partial charge in [-0.05, 0) is 48.2 Å².